The third kappa shape index (κ3) is 5.21. The van der Waals surface area contributed by atoms with E-state index in [1.807, 2.05) is 6.92 Å². The monoisotopic (exact) mass is 179 g/mol. The Morgan fingerprint density at radius 2 is 2.00 bits per heavy atom. The minimum absolute atomic E-state index is 0.240. The van der Waals surface area contributed by atoms with Gasteiger partial charge in [0, 0.05) is 5.75 Å². The molecule has 0 amide bonds. The molecule has 0 aromatic carbocycles. The minimum Gasteiger partial charge on any atom is -0.330 e. The van der Waals surface area contributed by atoms with Gasteiger partial charge in [0.15, 0.2) is 0 Å². The quantitative estimate of drug-likeness (QED) is 0.665. The molecule has 0 heterocycles. The second-order valence-electron chi connectivity index (χ2n) is 2.87. The maximum atomic E-state index is 11.0. The lowest BCUT2D eigenvalue weighted by molar-refractivity contribution is 0.554. The Labute approximate surface area is 68.9 Å². The standard InChI is InChI=1S/C7H17NO2S/c1-3-11(9,10)5-4-7(2)6-8/h7H,3-6,8H2,1-2H3. The van der Waals surface area contributed by atoms with Gasteiger partial charge in [-0.3, -0.25) is 0 Å². The Morgan fingerprint density at radius 1 is 1.45 bits per heavy atom. The average molecular weight is 179 g/mol. The van der Waals surface area contributed by atoms with E-state index >= 15 is 0 Å². The molecule has 0 bridgehead atoms. The molecule has 0 saturated carbocycles. The summed E-state index contributed by atoms with van der Waals surface area (Å²) in [5.74, 6) is 0.836. The van der Waals surface area contributed by atoms with Crippen LogP contribution >= 0.6 is 0 Å². The zero-order chi connectivity index (χ0) is 8.91. The van der Waals surface area contributed by atoms with Crippen LogP contribution in [0.4, 0.5) is 0 Å². The van der Waals surface area contributed by atoms with Crippen LogP contribution in [0.1, 0.15) is 20.3 Å². The van der Waals surface area contributed by atoms with E-state index in [4.69, 9.17) is 5.73 Å². The van der Waals surface area contributed by atoms with E-state index in [2.05, 4.69) is 0 Å². The molecular weight excluding hydrogens is 162 g/mol. The number of sulfone groups is 1. The molecule has 0 aliphatic carbocycles. The lowest BCUT2D eigenvalue weighted by Gasteiger charge is -2.06. The van der Waals surface area contributed by atoms with Gasteiger partial charge < -0.3 is 5.73 Å². The van der Waals surface area contributed by atoms with Crippen molar-refractivity contribution in [2.24, 2.45) is 11.7 Å². The maximum Gasteiger partial charge on any atom is 0.150 e. The number of hydrogen-bond donors (Lipinski definition) is 1. The second kappa shape index (κ2) is 4.72. The molecule has 0 aromatic rings. The zero-order valence-corrected chi connectivity index (χ0v) is 8.02. The highest BCUT2D eigenvalue weighted by Gasteiger charge is 2.09. The lowest BCUT2D eigenvalue weighted by atomic mass is 10.1. The molecule has 1 unspecified atom stereocenters. The summed E-state index contributed by atoms with van der Waals surface area (Å²) in [6, 6.07) is 0. The molecule has 0 spiro atoms. The molecule has 0 rings (SSSR count). The van der Waals surface area contributed by atoms with Crippen LogP contribution in [-0.2, 0) is 9.84 Å². The third-order valence-corrected chi connectivity index (χ3v) is 3.50. The van der Waals surface area contributed by atoms with Gasteiger partial charge in [-0.15, -0.1) is 0 Å². The Hall–Kier alpha value is -0.0900. The topological polar surface area (TPSA) is 60.2 Å². The summed E-state index contributed by atoms with van der Waals surface area (Å²) in [4.78, 5) is 0. The summed E-state index contributed by atoms with van der Waals surface area (Å²) < 4.78 is 22.0. The predicted molar refractivity (Wildman–Crippen MR) is 47.2 cm³/mol. The molecule has 0 aliphatic rings. The first kappa shape index (κ1) is 10.9. The summed E-state index contributed by atoms with van der Waals surface area (Å²) in [6.07, 6.45) is 0.687. The Morgan fingerprint density at radius 3 is 2.36 bits per heavy atom. The molecule has 68 valence electrons. The van der Waals surface area contributed by atoms with Crippen LogP contribution in [0, 0.1) is 5.92 Å². The Kier molecular flexibility index (Phi) is 4.68. The first-order chi connectivity index (χ1) is 5.02. The van der Waals surface area contributed by atoms with Gasteiger partial charge in [-0.1, -0.05) is 13.8 Å². The first-order valence-electron chi connectivity index (χ1n) is 3.92. The van der Waals surface area contributed by atoms with E-state index in [1.165, 1.54) is 0 Å². The minimum atomic E-state index is -2.78. The lowest BCUT2D eigenvalue weighted by Crippen LogP contribution is -2.16. The molecular formula is C7H17NO2S. The van der Waals surface area contributed by atoms with Crippen molar-refractivity contribution in [3.63, 3.8) is 0 Å². The smallest absolute Gasteiger partial charge is 0.150 e. The summed E-state index contributed by atoms with van der Waals surface area (Å²) in [5, 5.41) is 0. The fraction of sp³-hybridized carbons (Fsp3) is 1.00. The molecule has 2 N–H and O–H groups in total. The summed E-state index contributed by atoms with van der Waals surface area (Å²) in [5.41, 5.74) is 5.35. The van der Waals surface area contributed by atoms with Crippen molar-refractivity contribution in [2.45, 2.75) is 20.3 Å². The van der Waals surface area contributed by atoms with Crippen LogP contribution in [0.5, 0.6) is 0 Å². The normalized spacial score (nSPS) is 14.8. The van der Waals surface area contributed by atoms with Crippen molar-refractivity contribution in [3.05, 3.63) is 0 Å². The van der Waals surface area contributed by atoms with Gasteiger partial charge in [0.2, 0.25) is 0 Å². The van der Waals surface area contributed by atoms with Crippen LogP contribution in [0.3, 0.4) is 0 Å². The largest absolute Gasteiger partial charge is 0.330 e. The highest BCUT2D eigenvalue weighted by Crippen LogP contribution is 2.02. The van der Waals surface area contributed by atoms with Crippen LogP contribution in [0.25, 0.3) is 0 Å². The van der Waals surface area contributed by atoms with Crippen LogP contribution in [-0.4, -0.2) is 26.5 Å². The zero-order valence-electron chi connectivity index (χ0n) is 7.21. The van der Waals surface area contributed by atoms with Crippen molar-refractivity contribution < 1.29 is 8.42 Å². The van der Waals surface area contributed by atoms with Crippen molar-refractivity contribution in [1.82, 2.24) is 0 Å². The van der Waals surface area contributed by atoms with Crippen LogP contribution in [0.2, 0.25) is 0 Å². The van der Waals surface area contributed by atoms with Crippen molar-refractivity contribution in [3.8, 4) is 0 Å². The molecule has 0 saturated heterocycles. The van der Waals surface area contributed by atoms with Gasteiger partial charge in [0.25, 0.3) is 0 Å². The van der Waals surface area contributed by atoms with Gasteiger partial charge in [-0.05, 0) is 18.9 Å². The molecule has 0 fully saturated rings. The van der Waals surface area contributed by atoms with Gasteiger partial charge in [0.1, 0.15) is 9.84 Å². The van der Waals surface area contributed by atoms with E-state index in [0.717, 1.165) is 0 Å². The molecule has 0 radical (unpaired) electrons. The van der Waals surface area contributed by atoms with E-state index < -0.39 is 9.84 Å². The predicted octanol–water partition coefficient (Wildman–Crippen LogP) is 0.406. The third-order valence-electron chi connectivity index (χ3n) is 1.76. The van der Waals surface area contributed by atoms with E-state index in [9.17, 15) is 8.42 Å². The summed E-state index contributed by atoms with van der Waals surface area (Å²) in [6.45, 7) is 4.20. The van der Waals surface area contributed by atoms with Gasteiger partial charge in [-0.2, -0.15) is 0 Å². The van der Waals surface area contributed by atoms with Gasteiger partial charge in [0.05, 0.1) is 5.75 Å². The van der Waals surface area contributed by atoms with Crippen molar-refractivity contribution in [1.29, 1.82) is 0 Å². The highest BCUT2D eigenvalue weighted by molar-refractivity contribution is 7.91. The average Bonchev–Trinajstić information content (AvgIpc) is 2.00. The summed E-state index contributed by atoms with van der Waals surface area (Å²) in [7, 11) is -2.78. The van der Waals surface area contributed by atoms with E-state index in [-0.39, 0.29) is 11.5 Å². The molecule has 1 atom stereocenters. The molecule has 3 nitrogen and oxygen atoms in total. The number of hydrogen-bond acceptors (Lipinski definition) is 3. The van der Waals surface area contributed by atoms with Gasteiger partial charge >= 0.3 is 0 Å². The van der Waals surface area contributed by atoms with E-state index in [1.54, 1.807) is 6.92 Å². The fourth-order valence-corrected chi connectivity index (χ4v) is 1.69. The van der Waals surface area contributed by atoms with E-state index in [0.29, 0.717) is 18.9 Å². The SMILES string of the molecule is CCS(=O)(=O)CCC(C)CN. The van der Waals surface area contributed by atoms with Gasteiger partial charge in [-0.25, -0.2) is 8.42 Å². The number of rotatable bonds is 5. The van der Waals surface area contributed by atoms with Crippen molar-refractivity contribution in [2.75, 3.05) is 18.1 Å². The first-order valence-corrected chi connectivity index (χ1v) is 5.74. The summed E-state index contributed by atoms with van der Waals surface area (Å²) >= 11 is 0. The Bertz CT molecular complexity index is 187. The van der Waals surface area contributed by atoms with Crippen LogP contribution in [0.15, 0.2) is 0 Å². The molecule has 0 aliphatic heterocycles. The second-order valence-corrected chi connectivity index (χ2v) is 5.34. The Balaban J connectivity index is 3.71. The van der Waals surface area contributed by atoms with Crippen molar-refractivity contribution >= 4 is 9.84 Å². The fourth-order valence-electron chi connectivity index (χ4n) is 0.643. The number of nitrogens with two attached hydrogens (primary N) is 1. The maximum absolute atomic E-state index is 11.0. The van der Waals surface area contributed by atoms with Crippen LogP contribution < -0.4 is 5.73 Å². The molecule has 11 heavy (non-hydrogen) atoms. The molecule has 4 heteroatoms. The highest BCUT2D eigenvalue weighted by atomic mass is 32.2. The molecule has 0 aromatic heterocycles.